The minimum atomic E-state index is -0.942. The lowest BCUT2D eigenvalue weighted by Crippen LogP contribution is -2.48. The van der Waals surface area contributed by atoms with Gasteiger partial charge in [-0.1, -0.05) is 6.07 Å². The first-order chi connectivity index (χ1) is 12.0. The van der Waals surface area contributed by atoms with Gasteiger partial charge in [-0.05, 0) is 17.7 Å². The second-order valence-electron chi connectivity index (χ2n) is 6.21. The van der Waals surface area contributed by atoms with Gasteiger partial charge in [0.05, 0.1) is 14.2 Å². The van der Waals surface area contributed by atoms with Crippen LogP contribution in [0.3, 0.4) is 0 Å². The van der Waals surface area contributed by atoms with E-state index in [-0.39, 0.29) is 6.61 Å². The van der Waals surface area contributed by atoms with Gasteiger partial charge in [0.2, 0.25) is 0 Å². The summed E-state index contributed by atoms with van der Waals surface area (Å²) in [7, 11) is 3.04. The second kappa shape index (κ2) is 6.79. The Morgan fingerprint density at radius 3 is 2.44 bits per heavy atom. The summed E-state index contributed by atoms with van der Waals surface area (Å²) in [4.78, 5) is 25.0. The van der Waals surface area contributed by atoms with E-state index in [1.54, 1.807) is 18.2 Å². The molecule has 1 N–H and O–H groups in total. The van der Waals surface area contributed by atoms with Crippen molar-refractivity contribution in [3.63, 3.8) is 0 Å². The molecule has 0 radical (unpaired) electrons. The van der Waals surface area contributed by atoms with Crippen LogP contribution >= 0.6 is 0 Å². The normalized spacial score (nSPS) is 20.6. The van der Waals surface area contributed by atoms with Gasteiger partial charge < -0.3 is 24.1 Å². The van der Waals surface area contributed by atoms with Crippen LogP contribution in [-0.2, 0) is 14.3 Å². The highest BCUT2D eigenvalue weighted by atomic mass is 16.8. The third-order valence-corrected chi connectivity index (χ3v) is 4.78. The standard InChI is InChI=1S/C17H21NO7/c1-22-12-4-3-11(9-13(12)23-2)14(15(19)20)18-7-5-17(6-8-18)10-24-16(21)25-17/h3-4,9,14H,5-8,10H2,1-2H3,(H,19,20). The maximum Gasteiger partial charge on any atom is 0.509 e. The molecule has 1 aromatic rings. The molecule has 3 rings (SSSR count). The molecule has 8 nitrogen and oxygen atoms in total. The number of hydrogen-bond acceptors (Lipinski definition) is 7. The van der Waals surface area contributed by atoms with Gasteiger partial charge in [0.15, 0.2) is 17.1 Å². The highest BCUT2D eigenvalue weighted by molar-refractivity contribution is 5.76. The van der Waals surface area contributed by atoms with Gasteiger partial charge in [-0.3, -0.25) is 9.69 Å². The lowest BCUT2D eigenvalue weighted by atomic mass is 9.90. The number of carbonyl (C=O) groups excluding carboxylic acids is 1. The van der Waals surface area contributed by atoms with Gasteiger partial charge in [-0.2, -0.15) is 0 Å². The van der Waals surface area contributed by atoms with Crippen LogP contribution in [0.25, 0.3) is 0 Å². The van der Waals surface area contributed by atoms with E-state index in [1.807, 2.05) is 4.90 Å². The largest absolute Gasteiger partial charge is 0.509 e. The predicted molar refractivity (Wildman–Crippen MR) is 85.9 cm³/mol. The van der Waals surface area contributed by atoms with Crippen molar-refractivity contribution in [2.24, 2.45) is 0 Å². The fourth-order valence-corrected chi connectivity index (χ4v) is 3.39. The van der Waals surface area contributed by atoms with Crippen molar-refractivity contribution in [1.29, 1.82) is 0 Å². The molecule has 0 bridgehead atoms. The molecule has 2 fully saturated rings. The third kappa shape index (κ3) is 3.34. The number of nitrogens with zero attached hydrogens (tertiary/aromatic N) is 1. The molecule has 8 heteroatoms. The summed E-state index contributed by atoms with van der Waals surface area (Å²) in [6, 6.07) is 4.29. The molecule has 136 valence electrons. The smallest absolute Gasteiger partial charge is 0.493 e. The van der Waals surface area contributed by atoms with Crippen molar-refractivity contribution in [2.45, 2.75) is 24.5 Å². The topological polar surface area (TPSA) is 94.5 Å². The van der Waals surface area contributed by atoms with Crippen LogP contribution in [0.4, 0.5) is 4.79 Å². The van der Waals surface area contributed by atoms with Crippen LogP contribution in [0.2, 0.25) is 0 Å². The van der Waals surface area contributed by atoms with Crippen LogP contribution in [0.1, 0.15) is 24.4 Å². The fraction of sp³-hybridized carbons (Fsp3) is 0.529. The number of ether oxygens (including phenoxy) is 4. The van der Waals surface area contributed by atoms with Crippen LogP contribution in [0.5, 0.6) is 11.5 Å². The molecule has 1 unspecified atom stereocenters. The molecule has 25 heavy (non-hydrogen) atoms. The fourth-order valence-electron chi connectivity index (χ4n) is 3.39. The molecule has 2 aliphatic heterocycles. The summed E-state index contributed by atoms with van der Waals surface area (Å²) in [5.74, 6) is 0.0868. The molecule has 1 atom stereocenters. The summed E-state index contributed by atoms with van der Waals surface area (Å²) in [6.45, 7) is 1.21. The zero-order valence-corrected chi connectivity index (χ0v) is 14.2. The van der Waals surface area contributed by atoms with Gasteiger partial charge in [-0.15, -0.1) is 0 Å². The van der Waals surface area contributed by atoms with E-state index in [1.165, 1.54) is 14.2 Å². The maximum atomic E-state index is 11.9. The molecule has 1 aromatic carbocycles. The summed E-state index contributed by atoms with van der Waals surface area (Å²) < 4.78 is 20.7. The van der Waals surface area contributed by atoms with Crippen molar-refractivity contribution in [3.8, 4) is 11.5 Å². The molecule has 2 aliphatic rings. The average molecular weight is 351 g/mol. The molecular formula is C17H21NO7. The van der Waals surface area contributed by atoms with E-state index in [4.69, 9.17) is 18.9 Å². The number of rotatable bonds is 5. The van der Waals surface area contributed by atoms with Gasteiger partial charge in [0.25, 0.3) is 0 Å². The van der Waals surface area contributed by atoms with Gasteiger partial charge >= 0.3 is 12.1 Å². The average Bonchev–Trinajstić information content (AvgIpc) is 2.97. The zero-order chi connectivity index (χ0) is 18.0. The van der Waals surface area contributed by atoms with E-state index >= 15 is 0 Å². The molecule has 2 heterocycles. The van der Waals surface area contributed by atoms with Crippen LogP contribution in [0.15, 0.2) is 18.2 Å². The Labute approximate surface area is 145 Å². The SMILES string of the molecule is COc1ccc(C(C(=O)O)N2CCC3(CC2)COC(=O)O3)cc1OC. The van der Waals surface area contributed by atoms with E-state index in [0.29, 0.717) is 43.0 Å². The zero-order valence-electron chi connectivity index (χ0n) is 14.2. The number of hydrogen-bond donors (Lipinski definition) is 1. The lowest BCUT2D eigenvalue weighted by Gasteiger charge is -2.39. The molecule has 0 amide bonds. The first kappa shape index (κ1) is 17.3. The molecule has 1 spiro atoms. The highest BCUT2D eigenvalue weighted by Crippen LogP contribution is 2.37. The number of carbonyl (C=O) groups is 2. The quantitative estimate of drug-likeness (QED) is 0.803. The summed E-state index contributed by atoms with van der Waals surface area (Å²) in [5.41, 5.74) is -0.00501. The number of benzene rings is 1. The number of aliphatic carboxylic acids is 1. The Morgan fingerprint density at radius 2 is 1.92 bits per heavy atom. The Bertz CT molecular complexity index is 667. The third-order valence-electron chi connectivity index (χ3n) is 4.78. The monoisotopic (exact) mass is 351 g/mol. The van der Waals surface area contributed by atoms with Gasteiger partial charge in [0, 0.05) is 25.9 Å². The summed E-state index contributed by atoms with van der Waals surface area (Å²) in [5, 5.41) is 9.74. The number of carboxylic acids is 1. The molecule has 0 aromatic heterocycles. The lowest BCUT2D eigenvalue weighted by molar-refractivity contribution is -0.145. The van der Waals surface area contributed by atoms with Crippen LogP contribution in [0, 0.1) is 0 Å². The summed E-state index contributed by atoms with van der Waals surface area (Å²) in [6.07, 6.45) is 0.425. The minimum Gasteiger partial charge on any atom is -0.493 e. The molecule has 2 saturated heterocycles. The minimum absolute atomic E-state index is 0.230. The van der Waals surface area contributed by atoms with Crippen molar-refractivity contribution < 1.29 is 33.6 Å². The number of methoxy groups -OCH3 is 2. The Morgan fingerprint density at radius 1 is 1.24 bits per heavy atom. The predicted octanol–water partition coefficient (Wildman–Crippen LogP) is 1.83. The van der Waals surface area contributed by atoms with E-state index in [9.17, 15) is 14.7 Å². The first-order valence-corrected chi connectivity index (χ1v) is 8.02. The van der Waals surface area contributed by atoms with Crippen molar-refractivity contribution in [2.75, 3.05) is 33.9 Å². The van der Waals surface area contributed by atoms with Crippen LogP contribution in [-0.4, -0.2) is 61.6 Å². The number of cyclic esters (lactones) is 1. The Balaban J connectivity index is 1.79. The number of likely N-dealkylation sites (tertiary alicyclic amines) is 1. The Kier molecular flexibility index (Phi) is 4.71. The first-order valence-electron chi connectivity index (χ1n) is 8.02. The number of carboxylic acid groups (broad SMARTS) is 1. The molecule has 0 aliphatic carbocycles. The van der Waals surface area contributed by atoms with E-state index in [0.717, 1.165) is 0 Å². The van der Waals surface area contributed by atoms with Crippen molar-refractivity contribution in [1.82, 2.24) is 4.90 Å². The van der Waals surface area contributed by atoms with Gasteiger partial charge in [-0.25, -0.2) is 4.79 Å². The second-order valence-corrected chi connectivity index (χ2v) is 6.21. The molecular weight excluding hydrogens is 330 g/mol. The van der Waals surface area contributed by atoms with Crippen LogP contribution < -0.4 is 9.47 Å². The molecule has 0 saturated carbocycles. The van der Waals surface area contributed by atoms with E-state index < -0.39 is 23.8 Å². The van der Waals surface area contributed by atoms with Gasteiger partial charge in [0.1, 0.15) is 12.6 Å². The highest BCUT2D eigenvalue weighted by Gasteiger charge is 2.46. The maximum absolute atomic E-state index is 11.9. The number of piperidine rings is 1. The Hall–Kier alpha value is -2.48. The van der Waals surface area contributed by atoms with Crippen molar-refractivity contribution in [3.05, 3.63) is 23.8 Å². The van der Waals surface area contributed by atoms with E-state index in [2.05, 4.69) is 0 Å². The van der Waals surface area contributed by atoms with Crippen molar-refractivity contribution >= 4 is 12.1 Å². The summed E-state index contributed by atoms with van der Waals surface area (Å²) >= 11 is 0.